The molecule has 0 unspecified atom stereocenters. The lowest BCUT2D eigenvalue weighted by Gasteiger charge is -2.28. The molecule has 2 rings (SSSR count). The molecule has 0 spiro atoms. The maximum atomic E-state index is 5.68. The summed E-state index contributed by atoms with van der Waals surface area (Å²) < 4.78 is 5.26. The Hall–Kier alpha value is -1.49. The van der Waals surface area contributed by atoms with Crippen LogP contribution in [0.2, 0.25) is 0 Å². The number of nitrogens with zero attached hydrogens (tertiary/aromatic N) is 2. The van der Waals surface area contributed by atoms with E-state index in [-0.39, 0.29) is 0 Å². The number of hydrogen-bond acceptors (Lipinski definition) is 5. The number of ether oxygens (including phenoxy) is 1. The SMILES string of the molecule is Nc1cc(N2CCOCC2)cnc1N. The zero-order valence-corrected chi connectivity index (χ0v) is 7.94. The average molecular weight is 194 g/mol. The van der Waals surface area contributed by atoms with Gasteiger partial charge in [-0.15, -0.1) is 0 Å². The third-order valence-corrected chi connectivity index (χ3v) is 2.31. The summed E-state index contributed by atoms with van der Waals surface area (Å²) in [4.78, 5) is 6.21. The number of aromatic nitrogens is 1. The first kappa shape index (κ1) is 9.08. The third-order valence-electron chi connectivity index (χ3n) is 2.31. The summed E-state index contributed by atoms with van der Waals surface area (Å²) in [7, 11) is 0. The lowest BCUT2D eigenvalue weighted by molar-refractivity contribution is 0.122. The summed E-state index contributed by atoms with van der Waals surface area (Å²) in [5.41, 5.74) is 12.8. The van der Waals surface area contributed by atoms with E-state index in [1.54, 1.807) is 6.20 Å². The summed E-state index contributed by atoms with van der Waals surface area (Å²) >= 11 is 0. The third kappa shape index (κ3) is 1.72. The fourth-order valence-corrected chi connectivity index (χ4v) is 1.48. The van der Waals surface area contributed by atoms with E-state index in [0.717, 1.165) is 32.0 Å². The molecule has 4 N–H and O–H groups in total. The van der Waals surface area contributed by atoms with Crippen molar-refractivity contribution in [2.24, 2.45) is 0 Å². The van der Waals surface area contributed by atoms with Gasteiger partial charge in [-0.05, 0) is 6.07 Å². The van der Waals surface area contributed by atoms with E-state index >= 15 is 0 Å². The lowest BCUT2D eigenvalue weighted by atomic mass is 10.3. The number of rotatable bonds is 1. The first-order valence-corrected chi connectivity index (χ1v) is 4.61. The Morgan fingerprint density at radius 3 is 2.64 bits per heavy atom. The maximum absolute atomic E-state index is 5.68. The summed E-state index contributed by atoms with van der Waals surface area (Å²) in [6.45, 7) is 3.27. The number of pyridine rings is 1. The van der Waals surface area contributed by atoms with Crippen molar-refractivity contribution >= 4 is 17.2 Å². The van der Waals surface area contributed by atoms with Gasteiger partial charge in [0.05, 0.1) is 30.8 Å². The summed E-state index contributed by atoms with van der Waals surface area (Å²) in [5.74, 6) is 0.391. The molecule has 0 aromatic carbocycles. The number of nitrogens with two attached hydrogens (primary N) is 2. The number of morpholine rings is 1. The highest BCUT2D eigenvalue weighted by molar-refractivity contribution is 5.65. The first-order chi connectivity index (χ1) is 6.77. The molecule has 1 saturated heterocycles. The van der Waals surface area contributed by atoms with E-state index in [2.05, 4.69) is 9.88 Å². The van der Waals surface area contributed by atoms with Gasteiger partial charge in [0.15, 0.2) is 0 Å². The van der Waals surface area contributed by atoms with Crippen molar-refractivity contribution in [3.63, 3.8) is 0 Å². The molecule has 76 valence electrons. The van der Waals surface area contributed by atoms with Crippen LogP contribution in [0.25, 0.3) is 0 Å². The molecular weight excluding hydrogens is 180 g/mol. The highest BCUT2D eigenvalue weighted by atomic mass is 16.5. The second-order valence-corrected chi connectivity index (χ2v) is 3.27. The van der Waals surface area contributed by atoms with E-state index in [9.17, 15) is 0 Å². The van der Waals surface area contributed by atoms with Crippen molar-refractivity contribution < 1.29 is 4.74 Å². The minimum absolute atomic E-state index is 0.391. The fourth-order valence-electron chi connectivity index (χ4n) is 1.48. The van der Waals surface area contributed by atoms with E-state index in [4.69, 9.17) is 16.2 Å². The molecule has 0 atom stereocenters. The Bertz CT molecular complexity index is 323. The van der Waals surface area contributed by atoms with Gasteiger partial charge in [-0.3, -0.25) is 0 Å². The van der Waals surface area contributed by atoms with Crippen LogP contribution in [0.1, 0.15) is 0 Å². The molecule has 5 nitrogen and oxygen atoms in total. The van der Waals surface area contributed by atoms with Gasteiger partial charge >= 0.3 is 0 Å². The molecule has 0 saturated carbocycles. The smallest absolute Gasteiger partial charge is 0.146 e. The van der Waals surface area contributed by atoms with Crippen LogP contribution in [0.15, 0.2) is 12.3 Å². The van der Waals surface area contributed by atoms with E-state index < -0.39 is 0 Å². The Kier molecular flexibility index (Phi) is 2.41. The van der Waals surface area contributed by atoms with Gasteiger partial charge in [0, 0.05) is 13.1 Å². The van der Waals surface area contributed by atoms with Gasteiger partial charge < -0.3 is 21.1 Å². The summed E-state index contributed by atoms with van der Waals surface area (Å²) in [5, 5.41) is 0. The molecule has 2 heterocycles. The zero-order valence-electron chi connectivity index (χ0n) is 7.94. The first-order valence-electron chi connectivity index (χ1n) is 4.61. The molecule has 1 aromatic rings. The normalized spacial score (nSPS) is 17.0. The highest BCUT2D eigenvalue weighted by Gasteiger charge is 2.12. The Morgan fingerprint density at radius 1 is 1.29 bits per heavy atom. The van der Waals surface area contributed by atoms with Gasteiger partial charge in [0.2, 0.25) is 0 Å². The van der Waals surface area contributed by atoms with Crippen LogP contribution in [-0.4, -0.2) is 31.3 Å². The van der Waals surface area contributed by atoms with Crippen LogP contribution in [0.5, 0.6) is 0 Å². The monoisotopic (exact) mass is 194 g/mol. The summed E-state index contributed by atoms with van der Waals surface area (Å²) in [6, 6.07) is 1.85. The second-order valence-electron chi connectivity index (χ2n) is 3.27. The summed E-state index contributed by atoms with van der Waals surface area (Å²) in [6.07, 6.45) is 1.75. The molecule has 0 bridgehead atoms. The van der Waals surface area contributed by atoms with Gasteiger partial charge in [0.1, 0.15) is 5.82 Å². The Labute approximate surface area is 82.7 Å². The maximum Gasteiger partial charge on any atom is 0.146 e. The molecule has 0 radical (unpaired) electrons. The van der Waals surface area contributed by atoms with Crippen molar-refractivity contribution in [2.45, 2.75) is 0 Å². The van der Waals surface area contributed by atoms with Crippen LogP contribution in [0.3, 0.4) is 0 Å². The fraction of sp³-hybridized carbons (Fsp3) is 0.444. The quantitative estimate of drug-likeness (QED) is 0.662. The van der Waals surface area contributed by atoms with Crippen molar-refractivity contribution in [1.82, 2.24) is 4.98 Å². The number of anilines is 3. The average Bonchev–Trinajstić information content (AvgIpc) is 2.23. The topological polar surface area (TPSA) is 77.4 Å². The van der Waals surface area contributed by atoms with Gasteiger partial charge in [-0.1, -0.05) is 0 Å². The second kappa shape index (κ2) is 3.71. The van der Waals surface area contributed by atoms with Crippen LogP contribution < -0.4 is 16.4 Å². The van der Waals surface area contributed by atoms with Gasteiger partial charge in [-0.25, -0.2) is 4.98 Å². The molecule has 0 aliphatic carbocycles. The minimum atomic E-state index is 0.391. The molecule has 5 heteroatoms. The van der Waals surface area contributed by atoms with Gasteiger partial charge in [-0.2, -0.15) is 0 Å². The molecule has 14 heavy (non-hydrogen) atoms. The van der Waals surface area contributed by atoms with Crippen LogP contribution in [0, 0.1) is 0 Å². The largest absolute Gasteiger partial charge is 0.396 e. The zero-order chi connectivity index (χ0) is 9.97. The molecule has 1 aromatic heterocycles. The predicted octanol–water partition coefficient (Wildman–Crippen LogP) is 0.0826. The standard InChI is InChI=1S/C9H14N4O/c10-8-5-7(6-12-9(8)11)13-1-3-14-4-2-13/h5-6H,1-4,10H2,(H2,11,12). The molecule has 0 amide bonds. The van der Waals surface area contributed by atoms with Crippen molar-refractivity contribution in [2.75, 3.05) is 42.7 Å². The highest BCUT2D eigenvalue weighted by Crippen LogP contribution is 2.20. The minimum Gasteiger partial charge on any atom is -0.396 e. The van der Waals surface area contributed by atoms with Crippen molar-refractivity contribution in [3.05, 3.63) is 12.3 Å². The molecule has 1 fully saturated rings. The van der Waals surface area contributed by atoms with E-state index in [1.165, 1.54) is 0 Å². The predicted molar refractivity (Wildman–Crippen MR) is 56.1 cm³/mol. The van der Waals surface area contributed by atoms with Crippen molar-refractivity contribution in [1.29, 1.82) is 0 Å². The van der Waals surface area contributed by atoms with E-state index in [0.29, 0.717) is 11.5 Å². The lowest BCUT2D eigenvalue weighted by Crippen LogP contribution is -2.36. The van der Waals surface area contributed by atoms with Crippen molar-refractivity contribution in [3.8, 4) is 0 Å². The molecular formula is C9H14N4O. The Balaban J connectivity index is 2.18. The Morgan fingerprint density at radius 2 is 2.00 bits per heavy atom. The molecule has 1 aliphatic heterocycles. The number of hydrogen-bond donors (Lipinski definition) is 2. The van der Waals surface area contributed by atoms with Crippen LogP contribution >= 0.6 is 0 Å². The van der Waals surface area contributed by atoms with Crippen LogP contribution in [-0.2, 0) is 4.74 Å². The van der Waals surface area contributed by atoms with Crippen LogP contribution in [0.4, 0.5) is 17.2 Å². The number of nitrogen functional groups attached to an aromatic ring is 2. The van der Waals surface area contributed by atoms with Gasteiger partial charge in [0.25, 0.3) is 0 Å². The molecule has 1 aliphatic rings. The van der Waals surface area contributed by atoms with E-state index in [1.807, 2.05) is 6.07 Å².